The summed E-state index contributed by atoms with van der Waals surface area (Å²) >= 11 is 0. The van der Waals surface area contributed by atoms with Crippen LogP contribution in [0.3, 0.4) is 0 Å². The number of carbonyl (C=O) groups excluding carboxylic acids is 1. The van der Waals surface area contributed by atoms with Gasteiger partial charge < -0.3 is 15.8 Å². The van der Waals surface area contributed by atoms with Crippen LogP contribution in [0.2, 0.25) is 0 Å². The van der Waals surface area contributed by atoms with E-state index in [1.54, 1.807) is 0 Å². The molecule has 78 valence electrons. The highest BCUT2D eigenvalue weighted by molar-refractivity contribution is 5.68. The Kier molecular flexibility index (Phi) is 4.77. The van der Waals surface area contributed by atoms with Crippen molar-refractivity contribution in [2.24, 2.45) is 5.73 Å². The molecular formula is C9H20N2O2. The maximum atomic E-state index is 11.2. The molecule has 1 atom stereocenters. The number of hydrogen-bond donors (Lipinski definition) is 2. The predicted octanol–water partition coefficient (Wildman–Crippen LogP) is 1.25. The first-order chi connectivity index (χ1) is 5.85. The molecule has 3 N–H and O–H groups in total. The van der Waals surface area contributed by atoms with Gasteiger partial charge in [-0.25, -0.2) is 4.79 Å². The summed E-state index contributed by atoms with van der Waals surface area (Å²) in [4.78, 5) is 11.2. The van der Waals surface area contributed by atoms with Crippen LogP contribution in [0.1, 0.15) is 34.1 Å². The van der Waals surface area contributed by atoms with Crippen molar-refractivity contribution in [3.05, 3.63) is 0 Å². The summed E-state index contributed by atoms with van der Waals surface area (Å²) in [6.07, 6.45) is 0.193. The molecule has 0 rings (SSSR count). The monoisotopic (exact) mass is 188 g/mol. The fourth-order valence-electron chi connectivity index (χ4n) is 0.812. The van der Waals surface area contributed by atoms with E-state index in [0.717, 1.165) is 0 Å². The molecule has 0 aliphatic rings. The van der Waals surface area contributed by atoms with Crippen LogP contribution in [-0.4, -0.2) is 24.3 Å². The average Bonchev–Trinajstić information content (AvgIpc) is 1.81. The lowest BCUT2D eigenvalue weighted by Gasteiger charge is -2.21. The highest BCUT2D eigenvalue weighted by atomic mass is 16.6. The van der Waals surface area contributed by atoms with Gasteiger partial charge in [0.1, 0.15) is 6.10 Å². The molecule has 0 saturated carbocycles. The SMILES string of the molecule is C[C@H](CCN)OC(=O)NC(C)(C)C. The summed E-state index contributed by atoms with van der Waals surface area (Å²) in [5, 5.41) is 2.71. The third kappa shape index (κ3) is 7.59. The summed E-state index contributed by atoms with van der Waals surface area (Å²) in [6.45, 7) is 8.07. The van der Waals surface area contributed by atoms with Crippen molar-refractivity contribution in [2.45, 2.75) is 45.8 Å². The van der Waals surface area contributed by atoms with Crippen molar-refractivity contribution < 1.29 is 9.53 Å². The first-order valence-electron chi connectivity index (χ1n) is 4.54. The van der Waals surface area contributed by atoms with Crippen LogP contribution in [0.4, 0.5) is 4.79 Å². The van der Waals surface area contributed by atoms with E-state index in [2.05, 4.69) is 5.32 Å². The molecule has 0 radical (unpaired) electrons. The van der Waals surface area contributed by atoms with E-state index in [9.17, 15) is 4.79 Å². The molecule has 4 nitrogen and oxygen atoms in total. The minimum Gasteiger partial charge on any atom is -0.446 e. The molecule has 0 heterocycles. The standard InChI is InChI=1S/C9H20N2O2/c1-7(5-6-10)13-8(12)11-9(2,3)4/h7H,5-6,10H2,1-4H3,(H,11,12)/t7-/m1/s1. The van der Waals surface area contributed by atoms with Gasteiger partial charge >= 0.3 is 6.09 Å². The van der Waals surface area contributed by atoms with Gasteiger partial charge in [-0.1, -0.05) is 0 Å². The first kappa shape index (κ1) is 12.2. The molecule has 13 heavy (non-hydrogen) atoms. The molecule has 0 bridgehead atoms. The largest absolute Gasteiger partial charge is 0.446 e. The lowest BCUT2D eigenvalue weighted by molar-refractivity contribution is 0.0969. The van der Waals surface area contributed by atoms with Crippen molar-refractivity contribution in [3.63, 3.8) is 0 Å². The molecule has 0 aliphatic heterocycles. The molecule has 0 aromatic carbocycles. The normalized spacial score (nSPS) is 13.6. The zero-order valence-corrected chi connectivity index (χ0v) is 8.89. The van der Waals surface area contributed by atoms with Gasteiger partial charge in [-0.05, 0) is 40.7 Å². The molecule has 0 fully saturated rings. The Bertz CT molecular complexity index is 163. The Morgan fingerprint density at radius 2 is 2.08 bits per heavy atom. The fraction of sp³-hybridized carbons (Fsp3) is 0.889. The number of alkyl carbamates (subject to hydrolysis) is 1. The molecule has 1 amide bonds. The molecule has 0 unspecified atom stereocenters. The summed E-state index contributed by atoms with van der Waals surface area (Å²) in [6, 6.07) is 0. The van der Waals surface area contributed by atoms with Crippen molar-refractivity contribution in [1.29, 1.82) is 0 Å². The van der Waals surface area contributed by atoms with E-state index < -0.39 is 0 Å². The third-order valence-corrected chi connectivity index (χ3v) is 1.36. The van der Waals surface area contributed by atoms with Gasteiger partial charge in [-0.3, -0.25) is 0 Å². The van der Waals surface area contributed by atoms with E-state index in [1.807, 2.05) is 27.7 Å². The summed E-state index contributed by atoms with van der Waals surface area (Å²) in [5.41, 5.74) is 5.07. The van der Waals surface area contributed by atoms with Crippen LogP contribution in [0.15, 0.2) is 0 Å². The minimum atomic E-state index is -0.381. The zero-order valence-electron chi connectivity index (χ0n) is 8.89. The Morgan fingerprint density at radius 1 is 1.54 bits per heavy atom. The van der Waals surface area contributed by atoms with E-state index in [1.165, 1.54) is 0 Å². The Labute approximate surface area is 79.8 Å². The molecule has 0 aromatic rings. The van der Waals surface area contributed by atoms with Gasteiger partial charge in [0.25, 0.3) is 0 Å². The predicted molar refractivity (Wildman–Crippen MR) is 52.5 cm³/mol. The van der Waals surface area contributed by atoms with Gasteiger partial charge in [0.15, 0.2) is 0 Å². The molecular weight excluding hydrogens is 168 g/mol. The summed E-state index contributed by atoms with van der Waals surface area (Å²) in [5.74, 6) is 0. The van der Waals surface area contributed by atoms with Crippen LogP contribution in [0.5, 0.6) is 0 Å². The second kappa shape index (κ2) is 5.07. The van der Waals surface area contributed by atoms with Crippen LogP contribution in [0, 0.1) is 0 Å². The number of ether oxygens (including phenoxy) is 1. The Balaban J connectivity index is 3.74. The fourth-order valence-corrected chi connectivity index (χ4v) is 0.812. The number of hydrogen-bond acceptors (Lipinski definition) is 3. The Hall–Kier alpha value is -0.770. The summed E-state index contributed by atoms with van der Waals surface area (Å²) in [7, 11) is 0. The second-order valence-corrected chi connectivity index (χ2v) is 4.17. The summed E-state index contributed by atoms with van der Waals surface area (Å²) < 4.78 is 5.04. The minimum absolute atomic E-state index is 0.118. The van der Waals surface area contributed by atoms with E-state index >= 15 is 0 Å². The maximum absolute atomic E-state index is 11.2. The first-order valence-corrected chi connectivity index (χ1v) is 4.54. The van der Waals surface area contributed by atoms with Gasteiger partial charge in [-0.2, -0.15) is 0 Å². The molecule has 0 saturated heterocycles. The van der Waals surface area contributed by atoms with E-state index in [4.69, 9.17) is 10.5 Å². The number of nitrogens with one attached hydrogen (secondary N) is 1. The number of amides is 1. The average molecular weight is 188 g/mol. The third-order valence-electron chi connectivity index (χ3n) is 1.36. The van der Waals surface area contributed by atoms with Crippen LogP contribution in [0.25, 0.3) is 0 Å². The molecule has 0 aliphatic carbocycles. The van der Waals surface area contributed by atoms with Gasteiger partial charge in [0.2, 0.25) is 0 Å². The Morgan fingerprint density at radius 3 is 2.46 bits per heavy atom. The van der Waals surface area contributed by atoms with Crippen LogP contribution in [-0.2, 0) is 4.74 Å². The van der Waals surface area contributed by atoms with Crippen molar-refractivity contribution in [1.82, 2.24) is 5.32 Å². The lowest BCUT2D eigenvalue weighted by atomic mass is 10.1. The van der Waals surface area contributed by atoms with E-state index in [-0.39, 0.29) is 17.7 Å². The smallest absolute Gasteiger partial charge is 0.407 e. The topological polar surface area (TPSA) is 64.3 Å². The highest BCUT2D eigenvalue weighted by Crippen LogP contribution is 2.01. The molecule has 0 spiro atoms. The van der Waals surface area contributed by atoms with Crippen LogP contribution < -0.4 is 11.1 Å². The zero-order chi connectivity index (χ0) is 10.5. The van der Waals surface area contributed by atoms with Crippen molar-refractivity contribution in [3.8, 4) is 0 Å². The second-order valence-electron chi connectivity index (χ2n) is 4.17. The van der Waals surface area contributed by atoms with Gasteiger partial charge in [0, 0.05) is 5.54 Å². The lowest BCUT2D eigenvalue weighted by Crippen LogP contribution is -2.42. The maximum Gasteiger partial charge on any atom is 0.407 e. The van der Waals surface area contributed by atoms with Gasteiger partial charge in [0.05, 0.1) is 0 Å². The van der Waals surface area contributed by atoms with E-state index in [0.29, 0.717) is 13.0 Å². The van der Waals surface area contributed by atoms with Crippen molar-refractivity contribution in [2.75, 3.05) is 6.54 Å². The number of rotatable bonds is 3. The highest BCUT2D eigenvalue weighted by Gasteiger charge is 2.16. The molecule has 0 aromatic heterocycles. The number of nitrogens with two attached hydrogens (primary N) is 1. The van der Waals surface area contributed by atoms with Crippen LogP contribution >= 0.6 is 0 Å². The van der Waals surface area contributed by atoms with Gasteiger partial charge in [-0.15, -0.1) is 0 Å². The quantitative estimate of drug-likeness (QED) is 0.700. The van der Waals surface area contributed by atoms with Crippen molar-refractivity contribution >= 4 is 6.09 Å². The molecule has 4 heteroatoms. The number of carbonyl (C=O) groups is 1.